The van der Waals surface area contributed by atoms with Crippen LogP contribution in [0.25, 0.3) is 0 Å². The van der Waals surface area contributed by atoms with Crippen LogP contribution >= 0.6 is 11.6 Å². The van der Waals surface area contributed by atoms with Gasteiger partial charge in [-0.3, -0.25) is 9.36 Å². The summed E-state index contributed by atoms with van der Waals surface area (Å²) in [4.78, 5) is 12.0. The van der Waals surface area contributed by atoms with Gasteiger partial charge in [-0.15, -0.1) is 10.2 Å². The molecule has 0 aliphatic carbocycles. The summed E-state index contributed by atoms with van der Waals surface area (Å²) in [7, 11) is 0. The number of halogens is 1. The maximum absolute atomic E-state index is 12.0. The number of anilines is 1. The van der Waals surface area contributed by atoms with E-state index in [1.165, 1.54) is 10.9 Å². The molecule has 0 fully saturated rings. The third-order valence-corrected chi connectivity index (χ3v) is 3.02. The molecule has 1 aromatic carbocycles. The average molecular weight is 290 g/mol. The van der Waals surface area contributed by atoms with Gasteiger partial charge in [0.05, 0.1) is 10.7 Å². The largest absolute Gasteiger partial charge is 0.323 e. The molecule has 102 valence electrons. The summed E-state index contributed by atoms with van der Waals surface area (Å²) in [5.74, 6) is -0.206. The first-order chi connectivity index (χ1) is 9.51. The number of rotatable bonds is 3. The van der Waals surface area contributed by atoms with Gasteiger partial charge in [0.25, 0.3) is 0 Å². The third kappa shape index (κ3) is 2.95. The molecule has 6 nitrogen and oxygen atoms in total. The van der Waals surface area contributed by atoms with E-state index in [2.05, 4.69) is 15.5 Å². The van der Waals surface area contributed by atoms with Gasteiger partial charge in [0.15, 0.2) is 0 Å². The van der Waals surface area contributed by atoms with Crippen LogP contribution < -0.4 is 5.32 Å². The highest BCUT2D eigenvalue weighted by atomic mass is 35.5. The van der Waals surface area contributed by atoms with Crippen molar-refractivity contribution >= 4 is 23.2 Å². The molecule has 0 aliphatic rings. The van der Waals surface area contributed by atoms with Crippen molar-refractivity contribution in [1.82, 2.24) is 14.8 Å². The van der Waals surface area contributed by atoms with Crippen LogP contribution in [0.3, 0.4) is 0 Å². The van der Waals surface area contributed by atoms with Gasteiger partial charge < -0.3 is 5.32 Å². The number of hydrogen-bond donors (Lipinski definition) is 1. The van der Waals surface area contributed by atoms with Crippen LogP contribution in [-0.2, 0) is 11.3 Å². The Kier molecular flexibility index (Phi) is 4.01. The van der Waals surface area contributed by atoms with Crippen LogP contribution in [0.4, 0.5) is 5.69 Å². The van der Waals surface area contributed by atoms with Gasteiger partial charge >= 0.3 is 0 Å². The summed E-state index contributed by atoms with van der Waals surface area (Å²) in [5, 5.41) is 19.2. The van der Waals surface area contributed by atoms with E-state index in [-0.39, 0.29) is 18.3 Å². The van der Waals surface area contributed by atoms with Crippen molar-refractivity contribution < 1.29 is 4.79 Å². The van der Waals surface area contributed by atoms with Crippen molar-refractivity contribution in [3.8, 4) is 6.07 Å². The Bertz CT molecular complexity index is 678. The van der Waals surface area contributed by atoms with Gasteiger partial charge in [0.2, 0.25) is 11.7 Å². The summed E-state index contributed by atoms with van der Waals surface area (Å²) >= 11 is 6.12. The number of aryl methyl sites for hydroxylation is 2. The second-order valence-corrected chi connectivity index (χ2v) is 4.79. The zero-order chi connectivity index (χ0) is 14.7. The minimum absolute atomic E-state index is 0.0421. The second-order valence-electron chi connectivity index (χ2n) is 4.38. The van der Waals surface area contributed by atoms with Gasteiger partial charge in [-0.1, -0.05) is 17.7 Å². The molecule has 20 heavy (non-hydrogen) atoms. The molecule has 1 heterocycles. The van der Waals surface area contributed by atoms with E-state index >= 15 is 0 Å². The van der Waals surface area contributed by atoms with Gasteiger partial charge in [0, 0.05) is 0 Å². The SMILES string of the molecule is Cc1cc(C)c(NC(=O)Cn2cnnc2C#N)c(Cl)c1. The smallest absolute Gasteiger partial charge is 0.244 e. The van der Waals surface area contributed by atoms with E-state index in [1.807, 2.05) is 26.0 Å². The molecule has 1 N–H and O–H groups in total. The molecule has 0 atom stereocenters. The first kappa shape index (κ1) is 14.0. The molecular weight excluding hydrogens is 278 g/mol. The molecule has 7 heteroatoms. The van der Waals surface area contributed by atoms with Crippen molar-refractivity contribution in [1.29, 1.82) is 5.26 Å². The topological polar surface area (TPSA) is 83.6 Å². The fraction of sp³-hybridized carbons (Fsp3) is 0.231. The number of nitrogens with zero attached hydrogens (tertiary/aromatic N) is 4. The van der Waals surface area contributed by atoms with Crippen molar-refractivity contribution in [3.63, 3.8) is 0 Å². The first-order valence-electron chi connectivity index (χ1n) is 5.85. The second kappa shape index (κ2) is 5.72. The fourth-order valence-electron chi connectivity index (χ4n) is 1.86. The lowest BCUT2D eigenvalue weighted by atomic mass is 10.1. The molecule has 1 amide bonds. The molecule has 0 unspecified atom stereocenters. The van der Waals surface area contributed by atoms with Gasteiger partial charge in [-0.25, -0.2) is 0 Å². The molecule has 0 saturated heterocycles. The predicted molar refractivity (Wildman–Crippen MR) is 74.3 cm³/mol. The van der Waals surface area contributed by atoms with Crippen LogP contribution in [0.2, 0.25) is 5.02 Å². The minimum atomic E-state index is -0.296. The van der Waals surface area contributed by atoms with Crippen LogP contribution in [0.15, 0.2) is 18.5 Å². The number of carbonyl (C=O) groups is 1. The zero-order valence-corrected chi connectivity index (χ0v) is 11.8. The van der Waals surface area contributed by atoms with Gasteiger partial charge in [-0.05, 0) is 31.0 Å². The minimum Gasteiger partial charge on any atom is -0.323 e. The zero-order valence-electron chi connectivity index (χ0n) is 11.0. The predicted octanol–water partition coefficient (Wildman–Crippen LogP) is 2.06. The van der Waals surface area contributed by atoms with E-state index in [4.69, 9.17) is 16.9 Å². The number of amides is 1. The fourth-order valence-corrected chi connectivity index (χ4v) is 2.23. The van der Waals surface area contributed by atoms with Crippen LogP contribution in [-0.4, -0.2) is 20.7 Å². The van der Waals surface area contributed by atoms with Crippen molar-refractivity contribution in [3.05, 3.63) is 40.4 Å². The highest BCUT2D eigenvalue weighted by Gasteiger charge is 2.12. The lowest BCUT2D eigenvalue weighted by molar-refractivity contribution is -0.116. The van der Waals surface area contributed by atoms with Crippen LogP contribution in [0.5, 0.6) is 0 Å². The molecule has 2 aromatic rings. The maximum Gasteiger partial charge on any atom is 0.244 e. The quantitative estimate of drug-likeness (QED) is 0.937. The van der Waals surface area contributed by atoms with Crippen molar-refractivity contribution in [2.75, 3.05) is 5.32 Å². The number of nitriles is 1. The Hall–Kier alpha value is -2.39. The monoisotopic (exact) mass is 289 g/mol. The van der Waals surface area contributed by atoms with Crippen molar-refractivity contribution in [2.45, 2.75) is 20.4 Å². The molecule has 0 saturated carbocycles. The number of hydrogen-bond acceptors (Lipinski definition) is 4. The summed E-state index contributed by atoms with van der Waals surface area (Å²) in [6, 6.07) is 5.57. The summed E-state index contributed by atoms with van der Waals surface area (Å²) in [5.41, 5.74) is 2.48. The van der Waals surface area contributed by atoms with E-state index in [0.29, 0.717) is 10.7 Å². The summed E-state index contributed by atoms with van der Waals surface area (Å²) in [6.07, 6.45) is 1.34. The molecule has 0 radical (unpaired) electrons. The maximum atomic E-state index is 12.0. The summed E-state index contributed by atoms with van der Waals surface area (Å²) < 4.78 is 1.37. The molecule has 2 rings (SSSR count). The Balaban J connectivity index is 2.15. The summed E-state index contributed by atoms with van der Waals surface area (Å²) in [6.45, 7) is 3.76. The normalized spacial score (nSPS) is 10.1. The van der Waals surface area contributed by atoms with E-state index in [1.54, 1.807) is 6.07 Å². The number of carbonyl (C=O) groups excluding carboxylic acids is 1. The Labute approximate surface area is 121 Å². The number of benzene rings is 1. The Morgan fingerprint density at radius 1 is 1.50 bits per heavy atom. The molecule has 0 spiro atoms. The lowest BCUT2D eigenvalue weighted by Crippen LogP contribution is -2.20. The molecule has 1 aromatic heterocycles. The standard InChI is InChI=1S/C13H12ClN5O/c1-8-3-9(2)13(10(14)4-8)17-12(20)6-19-7-16-18-11(19)5-15/h3-4,7H,6H2,1-2H3,(H,17,20). The Morgan fingerprint density at radius 3 is 2.90 bits per heavy atom. The van der Waals surface area contributed by atoms with Gasteiger partial charge in [-0.2, -0.15) is 5.26 Å². The molecular formula is C13H12ClN5O. The molecule has 0 bridgehead atoms. The first-order valence-corrected chi connectivity index (χ1v) is 6.23. The highest BCUT2D eigenvalue weighted by Crippen LogP contribution is 2.27. The number of aromatic nitrogens is 3. The number of nitrogens with one attached hydrogen (secondary N) is 1. The Morgan fingerprint density at radius 2 is 2.25 bits per heavy atom. The third-order valence-electron chi connectivity index (χ3n) is 2.73. The molecule has 0 aliphatic heterocycles. The van der Waals surface area contributed by atoms with Gasteiger partial charge in [0.1, 0.15) is 18.9 Å². The van der Waals surface area contributed by atoms with Crippen LogP contribution in [0, 0.1) is 25.2 Å². The average Bonchev–Trinajstić information content (AvgIpc) is 2.81. The van der Waals surface area contributed by atoms with E-state index in [9.17, 15) is 4.79 Å². The lowest BCUT2D eigenvalue weighted by Gasteiger charge is -2.11. The van der Waals surface area contributed by atoms with Crippen LogP contribution in [0.1, 0.15) is 17.0 Å². The van der Waals surface area contributed by atoms with Crippen molar-refractivity contribution in [2.24, 2.45) is 0 Å². The van der Waals surface area contributed by atoms with E-state index < -0.39 is 0 Å². The highest BCUT2D eigenvalue weighted by molar-refractivity contribution is 6.34. The van der Waals surface area contributed by atoms with E-state index in [0.717, 1.165) is 11.1 Å².